The molecule has 0 saturated carbocycles. The minimum atomic E-state index is 1.23. The predicted molar refractivity (Wildman–Crippen MR) is 101 cm³/mol. The molecule has 0 bridgehead atoms. The van der Waals surface area contributed by atoms with Gasteiger partial charge in [-0.25, -0.2) is 0 Å². The smallest absolute Gasteiger partial charge is 0.0771 e. The third kappa shape index (κ3) is 1.36. The topological polar surface area (TPSA) is 8.82 Å². The molecule has 6 aromatic rings. The van der Waals surface area contributed by atoms with Gasteiger partial charge in [0.15, 0.2) is 0 Å². The van der Waals surface area contributed by atoms with E-state index in [1.54, 1.807) is 0 Å². The number of hydrogen-bond donors (Lipinski definition) is 0. The fraction of sp³-hybridized carbons (Fsp3) is 0. The summed E-state index contributed by atoms with van der Waals surface area (Å²) in [6.45, 7) is 0. The molecule has 0 N–H and O–H groups in total. The fourth-order valence-electron chi connectivity index (χ4n) is 4.09. The second-order valence-electron chi connectivity index (χ2n) is 6.35. The Morgan fingerprint density at radius 1 is 0.458 bits per heavy atom. The van der Waals surface area contributed by atoms with Gasteiger partial charge in [0.1, 0.15) is 0 Å². The van der Waals surface area contributed by atoms with Gasteiger partial charge in [0.05, 0.1) is 22.1 Å². The van der Waals surface area contributed by atoms with Crippen LogP contribution in [0.25, 0.3) is 43.6 Å². The van der Waals surface area contributed by atoms with E-state index < -0.39 is 0 Å². The van der Waals surface area contributed by atoms with E-state index in [1.807, 2.05) is 0 Å². The van der Waals surface area contributed by atoms with Gasteiger partial charge in [0.25, 0.3) is 0 Å². The first-order valence-corrected chi connectivity index (χ1v) is 8.22. The van der Waals surface area contributed by atoms with Crippen molar-refractivity contribution in [2.75, 3.05) is 0 Å². The van der Waals surface area contributed by atoms with Crippen LogP contribution in [0.5, 0.6) is 0 Å². The molecule has 0 fully saturated rings. The van der Waals surface area contributed by atoms with E-state index in [1.165, 1.54) is 43.6 Å². The van der Waals surface area contributed by atoms with E-state index in [-0.39, 0.29) is 0 Å². The van der Waals surface area contributed by atoms with Gasteiger partial charge >= 0.3 is 0 Å². The average Bonchev–Trinajstić information content (AvgIpc) is 3.24. The Bertz CT molecular complexity index is 1390. The van der Waals surface area contributed by atoms with E-state index in [2.05, 4.69) is 94.0 Å². The van der Waals surface area contributed by atoms with Crippen molar-refractivity contribution in [3.05, 3.63) is 85.2 Å². The molecule has 2 nitrogen and oxygen atoms in total. The first-order chi connectivity index (χ1) is 11.9. The maximum atomic E-state index is 2.33. The van der Waals surface area contributed by atoms with E-state index in [0.29, 0.717) is 0 Å². The quantitative estimate of drug-likeness (QED) is 0.343. The van der Waals surface area contributed by atoms with Crippen LogP contribution in [0.3, 0.4) is 0 Å². The lowest BCUT2D eigenvalue weighted by molar-refractivity contribution is 1.24. The van der Waals surface area contributed by atoms with Crippen LogP contribution in [0.2, 0.25) is 0 Å². The standard InChI is InChI=1S/C22H14N2/c1-2-9-19-17(7-1)18-8-3-5-15-11-14-24(21(15)18)20-10-4-6-16-12-13-23(19)22(16)20/h1-14H. The molecule has 112 valence electrons. The van der Waals surface area contributed by atoms with Crippen molar-refractivity contribution in [1.82, 2.24) is 8.80 Å². The van der Waals surface area contributed by atoms with Gasteiger partial charge < -0.3 is 8.80 Å². The molecule has 0 aliphatic rings. The molecule has 24 heavy (non-hydrogen) atoms. The normalized spacial score (nSPS) is 12.2. The van der Waals surface area contributed by atoms with Gasteiger partial charge in [-0.15, -0.1) is 0 Å². The first kappa shape index (κ1) is 12.2. The van der Waals surface area contributed by atoms with Crippen LogP contribution in [0.4, 0.5) is 0 Å². The molecule has 0 aliphatic heterocycles. The molecule has 0 aliphatic carbocycles. The van der Waals surface area contributed by atoms with Crippen LogP contribution in [0, 0.1) is 0 Å². The first-order valence-electron chi connectivity index (χ1n) is 8.22. The summed E-state index contributed by atoms with van der Waals surface area (Å²) >= 11 is 0. The van der Waals surface area contributed by atoms with Crippen LogP contribution in [-0.4, -0.2) is 8.80 Å². The average molecular weight is 306 g/mol. The van der Waals surface area contributed by atoms with Crippen LogP contribution >= 0.6 is 0 Å². The molecule has 0 spiro atoms. The molecule has 3 aromatic heterocycles. The summed E-state index contributed by atoms with van der Waals surface area (Å²) in [5, 5.41) is 5.10. The number of benzene rings is 3. The summed E-state index contributed by atoms with van der Waals surface area (Å²) in [5.74, 6) is 0. The zero-order valence-corrected chi connectivity index (χ0v) is 13.0. The second-order valence-corrected chi connectivity index (χ2v) is 6.35. The summed E-state index contributed by atoms with van der Waals surface area (Å²) in [7, 11) is 0. The predicted octanol–water partition coefficient (Wildman–Crippen LogP) is 5.65. The van der Waals surface area contributed by atoms with Crippen LogP contribution in [0.1, 0.15) is 0 Å². The summed E-state index contributed by atoms with van der Waals surface area (Å²) in [4.78, 5) is 0. The molecule has 0 saturated heterocycles. The van der Waals surface area contributed by atoms with Crippen molar-refractivity contribution in [1.29, 1.82) is 0 Å². The van der Waals surface area contributed by atoms with E-state index in [9.17, 15) is 0 Å². The maximum Gasteiger partial charge on any atom is 0.0771 e. The molecule has 0 radical (unpaired) electrons. The van der Waals surface area contributed by atoms with Crippen molar-refractivity contribution in [3.63, 3.8) is 0 Å². The van der Waals surface area contributed by atoms with Gasteiger partial charge in [-0.1, -0.05) is 48.5 Å². The van der Waals surface area contributed by atoms with Gasteiger partial charge in [-0.2, -0.15) is 0 Å². The summed E-state index contributed by atoms with van der Waals surface area (Å²) in [5.41, 5.74) is 5.01. The minimum absolute atomic E-state index is 1.23. The number of rotatable bonds is 0. The van der Waals surface area contributed by atoms with Crippen molar-refractivity contribution in [2.45, 2.75) is 0 Å². The SMILES string of the molecule is c1ccc2c(c1)c1cccc3ccn(c4cccc5ccn2c54)c31. The molecule has 0 amide bonds. The Labute approximate surface area is 138 Å². The number of nitrogens with zero attached hydrogens (tertiary/aromatic N) is 2. The Balaban J connectivity index is 2.17. The van der Waals surface area contributed by atoms with Crippen LogP contribution < -0.4 is 0 Å². The van der Waals surface area contributed by atoms with Crippen molar-refractivity contribution in [3.8, 4) is 0 Å². The van der Waals surface area contributed by atoms with Gasteiger partial charge in [-0.05, 0) is 24.3 Å². The van der Waals surface area contributed by atoms with Crippen molar-refractivity contribution in [2.24, 2.45) is 0 Å². The van der Waals surface area contributed by atoms with Crippen molar-refractivity contribution < 1.29 is 0 Å². The number of hydrogen-bond acceptors (Lipinski definition) is 0. The molecule has 6 rings (SSSR count). The highest BCUT2D eigenvalue weighted by Gasteiger charge is 2.11. The highest BCUT2D eigenvalue weighted by molar-refractivity contribution is 6.12. The Kier molecular flexibility index (Phi) is 2.12. The highest BCUT2D eigenvalue weighted by Crippen LogP contribution is 2.32. The summed E-state index contributed by atoms with van der Waals surface area (Å²) in [6.07, 6.45) is 4.37. The number of fused-ring (bicyclic) bond motifs is 4. The Hall–Kier alpha value is -3.26. The third-order valence-electron chi connectivity index (χ3n) is 5.11. The Morgan fingerprint density at radius 2 is 1.08 bits per heavy atom. The molecular weight excluding hydrogens is 292 g/mol. The van der Waals surface area contributed by atoms with Crippen molar-refractivity contribution >= 4 is 43.6 Å². The van der Waals surface area contributed by atoms with E-state index >= 15 is 0 Å². The van der Waals surface area contributed by atoms with Crippen LogP contribution in [0.15, 0.2) is 85.2 Å². The molecular formula is C22H14N2. The lowest BCUT2D eigenvalue weighted by atomic mass is 10.1. The summed E-state index contributed by atoms with van der Waals surface area (Å²) < 4.78 is 4.65. The summed E-state index contributed by atoms with van der Waals surface area (Å²) in [6, 6.07) is 26.2. The number of aromatic nitrogens is 2. The molecule has 3 aromatic carbocycles. The number of para-hydroxylation sites is 3. The van der Waals surface area contributed by atoms with Gasteiger partial charge in [0.2, 0.25) is 0 Å². The molecule has 3 heterocycles. The largest absolute Gasteiger partial charge is 0.314 e. The third-order valence-corrected chi connectivity index (χ3v) is 5.11. The zero-order chi connectivity index (χ0) is 15.7. The molecule has 2 heteroatoms. The zero-order valence-electron chi connectivity index (χ0n) is 13.0. The minimum Gasteiger partial charge on any atom is -0.314 e. The molecule has 0 unspecified atom stereocenters. The Morgan fingerprint density at radius 3 is 1.96 bits per heavy atom. The van der Waals surface area contributed by atoms with Gasteiger partial charge in [-0.3, -0.25) is 0 Å². The van der Waals surface area contributed by atoms with Gasteiger partial charge in [0, 0.05) is 33.9 Å². The monoisotopic (exact) mass is 306 g/mol. The second kappa shape index (κ2) is 4.18. The lowest BCUT2D eigenvalue weighted by Gasteiger charge is -2.09. The highest BCUT2D eigenvalue weighted by atomic mass is 14.9. The van der Waals surface area contributed by atoms with E-state index in [4.69, 9.17) is 0 Å². The molecule has 0 atom stereocenters. The van der Waals surface area contributed by atoms with Crippen LogP contribution in [-0.2, 0) is 0 Å². The fourth-order valence-corrected chi connectivity index (χ4v) is 4.09. The lowest BCUT2D eigenvalue weighted by Crippen LogP contribution is -1.92. The van der Waals surface area contributed by atoms with E-state index in [0.717, 1.165) is 0 Å². The maximum absolute atomic E-state index is 2.33.